The molecule has 0 bridgehead atoms. The van der Waals surface area contributed by atoms with Gasteiger partial charge in [0.2, 0.25) is 5.91 Å². The molecule has 25 heavy (non-hydrogen) atoms. The molecule has 0 atom stereocenters. The van der Waals surface area contributed by atoms with Crippen LogP contribution in [-0.4, -0.2) is 28.6 Å². The number of amides is 2. The summed E-state index contributed by atoms with van der Waals surface area (Å²) in [5.74, 6) is -0.305. The third-order valence-corrected chi connectivity index (χ3v) is 4.05. The van der Waals surface area contributed by atoms with E-state index in [0.29, 0.717) is 24.2 Å². The normalized spacial score (nSPS) is 10.6. The molecule has 0 saturated heterocycles. The maximum atomic E-state index is 12.2. The van der Waals surface area contributed by atoms with Gasteiger partial charge in [-0.3, -0.25) is 14.3 Å². The highest BCUT2D eigenvalue weighted by Crippen LogP contribution is 2.18. The highest BCUT2D eigenvalue weighted by atomic mass is 16.2. The fourth-order valence-electron chi connectivity index (χ4n) is 2.81. The predicted octanol–water partition coefficient (Wildman–Crippen LogP) is 2.73. The van der Waals surface area contributed by atoms with Crippen LogP contribution in [0.3, 0.4) is 0 Å². The average Bonchev–Trinajstić information content (AvgIpc) is 3.04. The van der Waals surface area contributed by atoms with Gasteiger partial charge < -0.3 is 10.6 Å². The van der Waals surface area contributed by atoms with E-state index < -0.39 is 0 Å². The molecule has 0 radical (unpaired) electrons. The predicted molar refractivity (Wildman–Crippen MR) is 97.5 cm³/mol. The Kier molecular flexibility index (Phi) is 4.79. The van der Waals surface area contributed by atoms with Crippen molar-refractivity contribution in [2.45, 2.75) is 19.9 Å². The van der Waals surface area contributed by atoms with Gasteiger partial charge in [-0.1, -0.05) is 24.3 Å². The first-order chi connectivity index (χ1) is 12.1. The molecule has 2 N–H and O–H groups in total. The number of carbonyl (C=O) groups is 2. The molecule has 0 aliphatic carbocycles. The van der Waals surface area contributed by atoms with Crippen LogP contribution in [0.2, 0.25) is 0 Å². The van der Waals surface area contributed by atoms with Crippen LogP contribution in [0.1, 0.15) is 22.3 Å². The number of rotatable bonds is 5. The number of fused-ring (bicyclic) bond motifs is 1. The van der Waals surface area contributed by atoms with Gasteiger partial charge in [0.15, 0.2) is 0 Å². The molecule has 1 aromatic heterocycles. The lowest BCUT2D eigenvalue weighted by Crippen LogP contribution is -2.19. The number of anilines is 1. The molecule has 6 nitrogen and oxygen atoms in total. The molecule has 6 heteroatoms. The highest BCUT2D eigenvalue weighted by Gasteiger charge is 2.09. The van der Waals surface area contributed by atoms with Crippen molar-refractivity contribution in [1.29, 1.82) is 0 Å². The van der Waals surface area contributed by atoms with E-state index >= 15 is 0 Å². The molecule has 1 heterocycles. The Balaban J connectivity index is 1.66. The first kappa shape index (κ1) is 16.7. The summed E-state index contributed by atoms with van der Waals surface area (Å²) in [6, 6.07) is 12.9. The quantitative estimate of drug-likeness (QED) is 0.752. The van der Waals surface area contributed by atoms with Crippen LogP contribution in [0.5, 0.6) is 0 Å². The minimum absolute atomic E-state index is 0.119. The fraction of sp³-hybridized carbons (Fsp3) is 0.211. The fourth-order valence-corrected chi connectivity index (χ4v) is 2.81. The van der Waals surface area contributed by atoms with Gasteiger partial charge in [0.25, 0.3) is 5.91 Å². The van der Waals surface area contributed by atoms with E-state index in [2.05, 4.69) is 15.7 Å². The molecular formula is C19H20N4O2. The van der Waals surface area contributed by atoms with Crippen molar-refractivity contribution in [2.75, 3.05) is 12.4 Å². The van der Waals surface area contributed by atoms with Crippen LogP contribution in [0.25, 0.3) is 10.9 Å². The Morgan fingerprint density at radius 1 is 1.16 bits per heavy atom. The molecule has 2 amide bonds. The van der Waals surface area contributed by atoms with Crippen molar-refractivity contribution in [2.24, 2.45) is 0 Å². The minimum atomic E-state index is -0.186. The number of carbonyl (C=O) groups excluding carboxylic acids is 2. The Morgan fingerprint density at radius 2 is 1.96 bits per heavy atom. The number of benzene rings is 2. The molecule has 0 aliphatic heterocycles. The van der Waals surface area contributed by atoms with Gasteiger partial charge in [-0.2, -0.15) is 5.10 Å². The summed E-state index contributed by atoms with van der Waals surface area (Å²) in [5, 5.41) is 10.8. The van der Waals surface area contributed by atoms with Crippen molar-refractivity contribution in [3.63, 3.8) is 0 Å². The van der Waals surface area contributed by atoms with Crippen molar-refractivity contribution in [1.82, 2.24) is 15.1 Å². The maximum absolute atomic E-state index is 12.2. The third kappa shape index (κ3) is 3.68. The number of nitrogens with one attached hydrogen (secondary N) is 2. The number of hydrogen-bond acceptors (Lipinski definition) is 3. The van der Waals surface area contributed by atoms with E-state index in [1.807, 2.05) is 36.0 Å². The molecule has 3 aromatic rings. The average molecular weight is 336 g/mol. The lowest BCUT2D eigenvalue weighted by molar-refractivity contribution is -0.116. The number of aryl methyl sites for hydroxylation is 2. The number of para-hydroxylation sites is 1. The van der Waals surface area contributed by atoms with Crippen LogP contribution in [0.15, 0.2) is 48.7 Å². The zero-order chi connectivity index (χ0) is 17.8. The van der Waals surface area contributed by atoms with Crippen LogP contribution < -0.4 is 10.6 Å². The summed E-state index contributed by atoms with van der Waals surface area (Å²) >= 11 is 0. The van der Waals surface area contributed by atoms with Gasteiger partial charge in [-0.15, -0.1) is 0 Å². The monoisotopic (exact) mass is 336 g/mol. The second kappa shape index (κ2) is 7.17. The molecule has 3 rings (SSSR count). The van der Waals surface area contributed by atoms with Crippen LogP contribution in [0, 0.1) is 6.92 Å². The first-order valence-electron chi connectivity index (χ1n) is 8.11. The Bertz CT molecular complexity index is 930. The van der Waals surface area contributed by atoms with Crippen molar-refractivity contribution in [3.8, 4) is 0 Å². The molecule has 0 unspecified atom stereocenters. The molecule has 0 spiro atoms. The topological polar surface area (TPSA) is 76.0 Å². The molecule has 0 saturated carbocycles. The van der Waals surface area contributed by atoms with E-state index in [4.69, 9.17) is 0 Å². The van der Waals surface area contributed by atoms with Crippen molar-refractivity contribution >= 4 is 28.4 Å². The van der Waals surface area contributed by atoms with Crippen molar-refractivity contribution in [3.05, 3.63) is 59.8 Å². The van der Waals surface area contributed by atoms with E-state index in [-0.39, 0.29) is 11.8 Å². The molecule has 0 aliphatic rings. The molecular weight excluding hydrogens is 316 g/mol. The highest BCUT2D eigenvalue weighted by molar-refractivity contribution is 5.97. The summed E-state index contributed by atoms with van der Waals surface area (Å²) in [6.07, 6.45) is 2.11. The largest absolute Gasteiger partial charge is 0.355 e. The summed E-state index contributed by atoms with van der Waals surface area (Å²) in [5.41, 5.74) is 3.30. The van der Waals surface area contributed by atoms with Crippen LogP contribution in [0.4, 0.5) is 5.69 Å². The van der Waals surface area contributed by atoms with Gasteiger partial charge >= 0.3 is 0 Å². The van der Waals surface area contributed by atoms with E-state index in [1.54, 1.807) is 31.3 Å². The number of aromatic nitrogens is 2. The summed E-state index contributed by atoms with van der Waals surface area (Å²) in [7, 11) is 1.57. The second-order valence-corrected chi connectivity index (χ2v) is 5.84. The maximum Gasteiger partial charge on any atom is 0.251 e. The Labute approximate surface area is 145 Å². The Hall–Kier alpha value is -3.15. The summed E-state index contributed by atoms with van der Waals surface area (Å²) in [4.78, 5) is 23.9. The third-order valence-electron chi connectivity index (χ3n) is 4.05. The molecule has 2 aromatic carbocycles. The summed E-state index contributed by atoms with van der Waals surface area (Å²) in [6.45, 7) is 2.53. The lowest BCUT2D eigenvalue weighted by atomic mass is 10.1. The van der Waals surface area contributed by atoms with E-state index in [1.165, 1.54) is 0 Å². The zero-order valence-corrected chi connectivity index (χ0v) is 14.2. The standard InChI is InChI=1S/C19H20N4O2/c1-13-5-3-7-15-12-21-23(18(13)15)10-9-17(24)22-16-8-4-6-14(11-16)19(25)20-2/h3-8,11-12H,9-10H2,1-2H3,(H,20,25)(H,22,24). The van der Waals surface area contributed by atoms with Gasteiger partial charge in [-0.05, 0) is 30.7 Å². The molecule has 128 valence electrons. The number of hydrogen-bond donors (Lipinski definition) is 2. The van der Waals surface area contributed by atoms with Crippen molar-refractivity contribution < 1.29 is 9.59 Å². The zero-order valence-electron chi connectivity index (χ0n) is 14.2. The van der Waals surface area contributed by atoms with E-state index in [9.17, 15) is 9.59 Å². The van der Waals surface area contributed by atoms with E-state index in [0.717, 1.165) is 16.5 Å². The Morgan fingerprint density at radius 3 is 2.76 bits per heavy atom. The van der Waals surface area contributed by atoms with Gasteiger partial charge in [0.1, 0.15) is 0 Å². The van der Waals surface area contributed by atoms with Gasteiger partial charge in [-0.25, -0.2) is 0 Å². The SMILES string of the molecule is CNC(=O)c1cccc(NC(=O)CCn2ncc3cccc(C)c32)c1. The van der Waals surface area contributed by atoms with Crippen LogP contribution >= 0.6 is 0 Å². The van der Waals surface area contributed by atoms with Crippen LogP contribution in [-0.2, 0) is 11.3 Å². The van der Waals surface area contributed by atoms with Gasteiger partial charge in [0.05, 0.1) is 18.3 Å². The number of nitrogens with zero attached hydrogens (tertiary/aromatic N) is 2. The lowest BCUT2D eigenvalue weighted by Gasteiger charge is -2.08. The first-order valence-corrected chi connectivity index (χ1v) is 8.11. The van der Waals surface area contributed by atoms with Gasteiger partial charge in [0, 0.05) is 30.1 Å². The smallest absolute Gasteiger partial charge is 0.251 e. The minimum Gasteiger partial charge on any atom is -0.355 e. The summed E-state index contributed by atoms with van der Waals surface area (Å²) < 4.78 is 1.85. The second-order valence-electron chi connectivity index (χ2n) is 5.84. The molecule has 0 fully saturated rings.